The van der Waals surface area contributed by atoms with Crippen LogP contribution in [0.15, 0.2) is 83.9 Å². The molecule has 1 unspecified atom stereocenters. The van der Waals surface area contributed by atoms with Crippen molar-refractivity contribution in [1.29, 1.82) is 0 Å². The van der Waals surface area contributed by atoms with E-state index in [1.54, 1.807) is 14.2 Å². The Labute approximate surface area is 165 Å². The first-order valence-electron chi connectivity index (χ1n) is 9.49. The van der Waals surface area contributed by atoms with Gasteiger partial charge in [0.2, 0.25) is 0 Å². The van der Waals surface area contributed by atoms with Gasteiger partial charge in [-0.3, -0.25) is 9.89 Å². The fraction of sp³-hybridized carbons (Fsp3) is 0.208. The Hall–Kier alpha value is -3.11. The summed E-state index contributed by atoms with van der Waals surface area (Å²) in [6.45, 7) is 0. The van der Waals surface area contributed by atoms with Gasteiger partial charge >= 0.3 is 0 Å². The van der Waals surface area contributed by atoms with Crippen molar-refractivity contribution in [1.82, 2.24) is 4.90 Å². The van der Waals surface area contributed by atoms with Crippen molar-refractivity contribution in [3.63, 3.8) is 0 Å². The number of hydrogen-bond acceptors (Lipinski definition) is 4. The number of aliphatic imine (C=N–C) groups is 1. The van der Waals surface area contributed by atoms with E-state index in [-0.39, 0.29) is 12.2 Å². The Morgan fingerprint density at radius 1 is 0.750 bits per heavy atom. The van der Waals surface area contributed by atoms with E-state index in [9.17, 15) is 0 Å². The number of para-hydroxylation sites is 1. The van der Waals surface area contributed by atoms with E-state index in [0.29, 0.717) is 6.04 Å². The minimum absolute atomic E-state index is 0.0385. The maximum atomic E-state index is 5.62. The van der Waals surface area contributed by atoms with Gasteiger partial charge in [-0.25, -0.2) is 0 Å². The molecule has 0 saturated carbocycles. The highest BCUT2D eigenvalue weighted by Gasteiger charge is 2.59. The van der Waals surface area contributed by atoms with E-state index in [1.165, 1.54) is 5.56 Å². The average Bonchev–Trinajstić information content (AvgIpc) is 3.38. The summed E-state index contributed by atoms with van der Waals surface area (Å²) in [6, 6.07) is 27.7. The molecule has 140 valence electrons. The van der Waals surface area contributed by atoms with E-state index in [0.717, 1.165) is 28.3 Å². The summed E-state index contributed by atoms with van der Waals surface area (Å²) in [5.74, 6) is 1.74. The summed E-state index contributed by atoms with van der Waals surface area (Å²) in [5.41, 5.74) is 4.71. The van der Waals surface area contributed by atoms with Crippen LogP contribution in [-0.2, 0) is 0 Å². The highest BCUT2D eigenvalue weighted by molar-refractivity contribution is 6.08. The monoisotopic (exact) mass is 370 g/mol. The molecule has 2 heterocycles. The Morgan fingerprint density at radius 3 is 2.18 bits per heavy atom. The van der Waals surface area contributed by atoms with Crippen molar-refractivity contribution in [3.8, 4) is 11.5 Å². The molecule has 5 rings (SSSR count). The largest absolute Gasteiger partial charge is 0.497 e. The Kier molecular flexibility index (Phi) is 4.14. The normalized spacial score (nSPS) is 25.0. The molecule has 0 aromatic heterocycles. The summed E-state index contributed by atoms with van der Waals surface area (Å²) >= 11 is 0. The highest BCUT2D eigenvalue weighted by atomic mass is 16.5. The Bertz CT molecular complexity index is 1010. The van der Waals surface area contributed by atoms with Crippen molar-refractivity contribution in [2.24, 2.45) is 4.99 Å². The molecule has 3 aromatic carbocycles. The quantitative estimate of drug-likeness (QED) is 0.614. The number of hydrogen-bond donors (Lipinski definition) is 0. The van der Waals surface area contributed by atoms with Gasteiger partial charge < -0.3 is 9.47 Å². The van der Waals surface area contributed by atoms with Crippen LogP contribution < -0.4 is 9.47 Å². The van der Waals surface area contributed by atoms with Crippen LogP contribution in [-0.4, -0.2) is 30.9 Å². The van der Waals surface area contributed by atoms with Gasteiger partial charge in [-0.05, 0) is 41.5 Å². The maximum absolute atomic E-state index is 5.62. The summed E-state index contributed by atoms with van der Waals surface area (Å²) in [6.07, 6.45) is -0.0385. The summed E-state index contributed by atoms with van der Waals surface area (Å²) in [4.78, 5) is 7.59. The predicted octanol–water partition coefficient (Wildman–Crippen LogP) is 4.63. The SMILES string of the molecule is COc1ccc(C2=N[C@H](c3ccccc3OC)N3[C@H]2[C@H]3c2ccccc2)cc1. The van der Waals surface area contributed by atoms with Gasteiger partial charge in [-0.1, -0.05) is 48.5 Å². The van der Waals surface area contributed by atoms with Crippen LogP contribution in [0.5, 0.6) is 11.5 Å². The molecule has 1 fully saturated rings. The van der Waals surface area contributed by atoms with Gasteiger partial charge in [0.1, 0.15) is 17.7 Å². The molecule has 2 aliphatic heterocycles. The lowest BCUT2D eigenvalue weighted by Gasteiger charge is -2.17. The summed E-state index contributed by atoms with van der Waals surface area (Å²) < 4.78 is 10.9. The standard InChI is InChI=1S/C24H22N2O2/c1-27-18-14-12-16(13-15-18)21-23-22(17-8-4-3-5-9-17)26(23)24(25-21)19-10-6-7-11-20(19)28-2/h3-15,22-24H,1-2H3/t22-,23-,24+,26?/m1/s1. The predicted molar refractivity (Wildman–Crippen MR) is 110 cm³/mol. The fourth-order valence-corrected chi connectivity index (χ4v) is 4.24. The molecule has 3 aromatic rings. The molecule has 0 aliphatic carbocycles. The third-order valence-corrected chi connectivity index (χ3v) is 5.62. The third kappa shape index (κ3) is 2.69. The number of benzene rings is 3. The molecular formula is C24H22N2O2. The van der Waals surface area contributed by atoms with Crippen molar-refractivity contribution in [2.75, 3.05) is 14.2 Å². The van der Waals surface area contributed by atoms with Crippen molar-refractivity contribution in [2.45, 2.75) is 18.2 Å². The van der Waals surface area contributed by atoms with Crippen LogP contribution in [0.3, 0.4) is 0 Å². The zero-order chi connectivity index (χ0) is 19.1. The third-order valence-electron chi connectivity index (χ3n) is 5.62. The lowest BCUT2D eigenvalue weighted by molar-refractivity contribution is 0.366. The van der Waals surface area contributed by atoms with E-state index in [1.807, 2.05) is 24.3 Å². The molecule has 4 heteroatoms. The van der Waals surface area contributed by atoms with E-state index < -0.39 is 0 Å². The fourth-order valence-electron chi connectivity index (χ4n) is 4.24. The zero-order valence-electron chi connectivity index (χ0n) is 15.9. The topological polar surface area (TPSA) is 33.8 Å². The second-order valence-electron chi connectivity index (χ2n) is 7.11. The lowest BCUT2D eigenvalue weighted by atomic mass is 10.0. The smallest absolute Gasteiger partial charge is 0.133 e. The Balaban J connectivity index is 1.57. The van der Waals surface area contributed by atoms with Gasteiger partial charge in [0, 0.05) is 5.56 Å². The maximum Gasteiger partial charge on any atom is 0.133 e. The van der Waals surface area contributed by atoms with Crippen LogP contribution in [0.4, 0.5) is 0 Å². The van der Waals surface area contributed by atoms with Gasteiger partial charge in [-0.2, -0.15) is 0 Å². The van der Waals surface area contributed by atoms with Crippen LogP contribution in [0.25, 0.3) is 0 Å². The van der Waals surface area contributed by atoms with Gasteiger partial charge in [-0.15, -0.1) is 0 Å². The molecule has 4 atom stereocenters. The number of methoxy groups -OCH3 is 2. The van der Waals surface area contributed by atoms with Crippen LogP contribution in [0, 0.1) is 0 Å². The zero-order valence-corrected chi connectivity index (χ0v) is 15.9. The second-order valence-corrected chi connectivity index (χ2v) is 7.11. The molecule has 28 heavy (non-hydrogen) atoms. The molecule has 2 aliphatic rings. The first-order valence-corrected chi connectivity index (χ1v) is 9.49. The number of fused-ring (bicyclic) bond motifs is 1. The highest BCUT2D eigenvalue weighted by Crippen LogP contribution is 2.56. The van der Waals surface area contributed by atoms with E-state index in [2.05, 4.69) is 59.5 Å². The van der Waals surface area contributed by atoms with Crippen LogP contribution in [0.1, 0.15) is 28.9 Å². The first kappa shape index (κ1) is 17.0. The van der Waals surface area contributed by atoms with Crippen LogP contribution >= 0.6 is 0 Å². The summed E-state index contributed by atoms with van der Waals surface area (Å²) in [5, 5.41) is 0. The number of ether oxygens (including phenoxy) is 2. The van der Waals surface area contributed by atoms with Crippen molar-refractivity contribution >= 4 is 5.71 Å². The molecule has 0 N–H and O–H groups in total. The van der Waals surface area contributed by atoms with Gasteiger partial charge in [0.25, 0.3) is 0 Å². The van der Waals surface area contributed by atoms with Crippen LogP contribution in [0.2, 0.25) is 0 Å². The second kappa shape index (κ2) is 6.80. The molecule has 0 amide bonds. The van der Waals surface area contributed by atoms with E-state index >= 15 is 0 Å². The molecule has 4 nitrogen and oxygen atoms in total. The number of nitrogens with zero attached hydrogens (tertiary/aromatic N) is 2. The molecular weight excluding hydrogens is 348 g/mol. The molecule has 0 spiro atoms. The lowest BCUT2D eigenvalue weighted by Crippen LogP contribution is -2.09. The molecule has 0 radical (unpaired) electrons. The first-order chi connectivity index (χ1) is 13.8. The summed E-state index contributed by atoms with van der Waals surface area (Å²) in [7, 11) is 3.41. The Morgan fingerprint density at radius 2 is 1.46 bits per heavy atom. The minimum Gasteiger partial charge on any atom is -0.497 e. The van der Waals surface area contributed by atoms with Gasteiger partial charge in [0.05, 0.1) is 32.0 Å². The molecule has 0 bridgehead atoms. The molecule has 1 saturated heterocycles. The average molecular weight is 370 g/mol. The van der Waals surface area contributed by atoms with Crippen molar-refractivity contribution in [3.05, 3.63) is 95.6 Å². The minimum atomic E-state index is -0.0385. The van der Waals surface area contributed by atoms with E-state index in [4.69, 9.17) is 14.5 Å². The van der Waals surface area contributed by atoms with Crippen molar-refractivity contribution < 1.29 is 9.47 Å². The number of rotatable bonds is 5. The van der Waals surface area contributed by atoms with Gasteiger partial charge in [0.15, 0.2) is 0 Å².